The van der Waals surface area contributed by atoms with Crippen LogP contribution in [0.4, 0.5) is 16.4 Å². The van der Waals surface area contributed by atoms with Crippen LogP contribution in [0.5, 0.6) is 5.88 Å². The van der Waals surface area contributed by atoms with Gasteiger partial charge < -0.3 is 27.3 Å². The molecule has 0 aromatic carbocycles. The fourth-order valence-corrected chi connectivity index (χ4v) is 1.43. The molecular weight excluding hydrogens is 272 g/mol. The quantitative estimate of drug-likeness (QED) is 0.618. The van der Waals surface area contributed by atoms with Crippen LogP contribution in [0.25, 0.3) is 0 Å². The maximum atomic E-state index is 11.5. The molecule has 106 valence electrons. The third-order valence-electron chi connectivity index (χ3n) is 2.23. The van der Waals surface area contributed by atoms with Gasteiger partial charge in [-0.3, -0.25) is 0 Å². The number of amides is 1. The van der Waals surface area contributed by atoms with Crippen LogP contribution < -0.4 is 27.3 Å². The van der Waals surface area contributed by atoms with Crippen LogP contribution in [0.15, 0.2) is 0 Å². The summed E-state index contributed by atoms with van der Waals surface area (Å²) in [5.74, 6) is -0.340. The van der Waals surface area contributed by atoms with Crippen molar-refractivity contribution in [2.75, 3.05) is 18.0 Å². The topological polar surface area (TPSA) is 142 Å². The zero-order valence-corrected chi connectivity index (χ0v) is 11.3. The van der Waals surface area contributed by atoms with E-state index < -0.39 is 6.09 Å². The maximum absolute atomic E-state index is 11.5. The highest BCUT2D eigenvalue weighted by Crippen LogP contribution is 2.22. The van der Waals surface area contributed by atoms with E-state index in [1.54, 1.807) is 0 Å². The zero-order valence-electron chi connectivity index (χ0n) is 10.5. The molecule has 1 atom stereocenters. The van der Waals surface area contributed by atoms with Gasteiger partial charge >= 0.3 is 6.09 Å². The number of rotatable bonds is 5. The van der Waals surface area contributed by atoms with Gasteiger partial charge in [0.1, 0.15) is 0 Å². The summed E-state index contributed by atoms with van der Waals surface area (Å²) in [6.45, 7) is 2.30. The number of nitrogens with two attached hydrogens (primary N) is 3. The number of anilines is 2. The average Bonchev–Trinajstić information content (AvgIpc) is 2.34. The van der Waals surface area contributed by atoms with Crippen molar-refractivity contribution in [3.05, 3.63) is 5.15 Å². The second kappa shape index (κ2) is 6.95. The second-order valence-corrected chi connectivity index (χ2v) is 4.27. The maximum Gasteiger partial charge on any atom is 0.414 e. The largest absolute Gasteiger partial charge is 0.414 e. The van der Waals surface area contributed by atoms with Gasteiger partial charge in [0.2, 0.25) is 0 Å². The van der Waals surface area contributed by atoms with Crippen molar-refractivity contribution in [2.24, 2.45) is 5.73 Å². The van der Waals surface area contributed by atoms with Crippen molar-refractivity contribution < 1.29 is 9.53 Å². The number of carbonyl (C=O) groups excluding carboxylic acids is 1. The van der Waals surface area contributed by atoms with E-state index in [1.807, 2.05) is 6.92 Å². The van der Waals surface area contributed by atoms with E-state index in [4.69, 9.17) is 33.5 Å². The molecule has 8 nitrogen and oxygen atoms in total. The summed E-state index contributed by atoms with van der Waals surface area (Å²) >= 11 is 5.65. The van der Waals surface area contributed by atoms with Crippen LogP contribution in [0.3, 0.4) is 0 Å². The van der Waals surface area contributed by atoms with Gasteiger partial charge in [-0.05, 0) is 6.42 Å². The predicted octanol–water partition coefficient (Wildman–Crippen LogP) is 0.510. The minimum atomic E-state index is -0.728. The number of carbonyl (C=O) groups is 1. The molecule has 0 unspecified atom stereocenters. The molecule has 0 aliphatic carbocycles. The SMILES string of the molecule is CCC[C@H](N)CNC(=O)Oc1nc(Cl)c(N)nc1N. The van der Waals surface area contributed by atoms with Crippen LogP contribution in [-0.2, 0) is 0 Å². The second-order valence-electron chi connectivity index (χ2n) is 3.91. The predicted molar refractivity (Wildman–Crippen MR) is 72.8 cm³/mol. The number of hydrogen-bond donors (Lipinski definition) is 4. The first-order valence-corrected chi connectivity index (χ1v) is 6.11. The number of hydrogen-bond acceptors (Lipinski definition) is 7. The van der Waals surface area contributed by atoms with Crippen LogP contribution in [-0.4, -0.2) is 28.6 Å². The van der Waals surface area contributed by atoms with E-state index in [0.717, 1.165) is 12.8 Å². The van der Waals surface area contributed by atoms with Gasteiger partial charge in [0, 0.05) is 12.6 Å². The summed E-state index contributed by atoms with van der Waals surface area (Å²) in [6.07, 6.45) is 1.01. The summed E-state index contributed by atoms with van der Waals surface area (Å²) in [5, 5.41) is 2.41. The Kier molecular flexibility index (Phi) is 5.58. The fourth-order valence-electron chi connectivity index (χ4n) is 1.31. The van der Waals surface area contributed by atoms with E-state index in [0.29, 0.717) is 6.54 Å². The monoisotopic (exact) mass is 288 g/mol. The number of nitrogen functional groups attached to an aromatic ring is 2. The molecular formula is C10H17ClN6O2. The molecule has 1 rings (SSSR count). The third-order valence-corrected chi connectivity index (χ3v) is 2.51. The molecule has 1 amide bonds. The molecule has 1 aromatic heterocycles. The number of nitrogens with zero attached hydrogens (tertiary/aromatic N) is 2. The molecule has 0 fully saturated rings. The summed E-state index contributed by atoms with van der Waals surface area (Å²) in [7, 11) is 0. The Morgan fingerprint density at radius 2 is 2.11 bits per heavy atom. The molecule has 1 aromatic rings. The van der Waals surface area contributed by atoms with E-state index in [2.05, 4.69) is 15.3 Å². The highest BCUT2D eigenvalue weighted by Gasteiger charge is 2.14. The highest BCUT2D eigenvalue weighted by molar-refractivity contribution is 6.31. The van der Waals surface area contributed by atoms with Gasteiger partial charge in [-0.15, -0.1) is 0 Å². The molecule has 0 saturated carbocycles. The highest BCUT2D eigenvalue weighted by atomic mass is 35.5. The zero-order chi connectivity index (χ0) is 14.4. The van der Waals surface area contributed by atoms with Gasteiger partial charge in [-0.1, -0.05) is 24.9 Å². The van der Waals surface area contributed by atoms with Gasteiger partial charge in [0.15, 0.2) is 16.8 Å². The van der Waals surface area contributed by atoms with Crippen molar-refractivity contribution in [1.82, 2.24) is 15.3 Å². The molecule has 9 heteroatoms. The summed E-state index contributed by atoms with van der Waals surface area (Å²) < 4.78 is 4.87. The third kappa shape index (κ3) is 4.76. The van der Waals surface area contributed by atoms with Gasteiger partial charge in [-0.2, -0.15) is 4.98 Å². The fraction of sp³-hybridized carbons (Fsp3) is 0.500. The lowest BCUT2D eigenvalue weighted by Crippen LogP contribution is -2.38. The van der Waals surface area contributed by atoms with Crippen LogP contribution in [0, 0.1) is 0 Å². The average molecular weight is 289 g/mol. The Labute approximate surface area is 115 Å². The molecule has 1 heterocycles. The van der Waals surface area contributed by atoms with Crippen LogP contribution in [0.1, 0.15) is 19.8 Å². The Hall–Kier alpha value is -1.80. The minimum Gasteiger partial charge on any atom is -0.387 e. The summed E-state index contributed by atoms with van der Waals surface area (Å²) in [5.41, 5.74) is 16.6. The van der Waals surface area contributed by atoms with Gasteiger partial charge in [0.05, 0.1) is 0 Å². The van der Waals surface area contributed by atoms with Gasteiger partial charge in [0.25, 0.3) is 5.88 Å². The lowest BCUT2D eigenvalue weighted by atomic mass is 10.2. The molecule has 0 aliphatic rings. The van der Waals surface area contributed by atoms with Crippen molar-refractivity contribution >= 4 is 29.3 Å². The van der Waals surface area contributed by atoms with Crippen molar-refractivity contribution in [3.8, 4) is 5.88 Å². The Bertz CT molecular complexity index is 456. The Balaban J connectivity index is 2.55. The molecule has 0 spiro atoms. The number of ether oxygens (including phenoxy) is 1. The normalized spacial score (nSPS) is 11.9. The lowest BCUT2D eigenvalue weighted by Gasteiger charge is -2.12. The van der Waals surface area contributed by atoms with Crippen LogP contribution >= 0.6 is 11.6 Å². The van der Waals surface area contributed by atoms with Crippen molar-refractivity contribution in [2.45, 2.75) is 25.8 Å². The van der Waals surface area contributed by atoms with E-state index in [-0.39, 0.29) is 28.7 Å². The standard InChI is InChI=1S/C10H17ClN6O2/c1-2-3-5(12)4-15-10(18)19-9-8(14)17-7(13)6(11)16-9/h5H,2-4,12H2,1H3,(H,15,18)(H4,13,14,17)/t5-/m0/s1. The molecule has 0 bridgehead atoms. The molecule has 19 heavy (non-hydrogen) atoms. The number of aromatic nitrogens is 2. The number of nitrogens with one attached hydrogen (secondary N) is 1. The smallest absolute Gasteiger partial charge is 0.387 e. The minimum absolute atomic E-state index is 0.0307. The lowest BCUT2D eigenvalue weighted by molar-refractivity contribution is 0.198. The summed E-state index contributed by atoms with van der Waals surface area (Å²) in [4.78, 5) is 18.9. The van der Waals surface area contributed by atoms with E-state index in [1.165, 1.54) is 0 Å². The van der Waals surface area contributed by atoms with E-state index >= 15 is 0 Å². The first-order chi connectivity index (χ1) is 8.93. The van der Waals surface area contributed by atoms with Gasteiger partial charge in [-0.25, -0.2) is 9.78 Å². The Morgan fingerprint density at radius 3 is 2.74 bits per heavy atom. The first-order valence-electron chi connectivity index (χ1n) is 5.73. The van der Waals surface area contributed by atoms with Crippen LogP contribution in [0.2, 0.25) is 5.15 Å². The molecule has 0 aliphatic heterocycles. The Morgan fingerprint density at radius 1 is 1.42 bits per heavy atom. The van der Waals surface area contributed by atoms with Crippen molar-refractivity contribution in [3.63, 3.8) is 0 Å². The van der Waals surface area contributed by atoms with Crippen molar-refractivity contribution in [1.29, 1.82) is 0 Å². The molecule has 0 saturated heterocycles. The first kappa shape index (κ1) is 15.3. The van der Waals surface area contributed by atoms with E-state index in [9.17, 15) is 4.79 Å². The number of halogens is 1. The molecule has 0 radical (unpaired) electrons. The molecule has 7 N–H and O–H groups in total. The summed E-state index contributed by atoms with van der Waals surface area (Å²) in [6, 6.07) is -0.129.